The van der Waals surface area contributed by atoms with Gasteiger partial charge in [0, 0.05) is 6.20 Å². The van der Waals surface area contributed by atoms with E-state index in [4.69, 9.17) is 0 Å². The van der Waals surface area contributed by atoms with Crippen LogP contribution in [0.1, 0.15) is 17.6 Å². The summed E-state index contributed by atoms with van der Waals surface area (Å²) in [5.41, 5.74) is 2.16. The summed E-state index contributed by atoms with van der Waals surface area (Å²) in [6, 6.07) is 5.64. The number of hydrogen-bond acceptors (Lipinski definition) is 5. The Kier molecular flexibility index (Phi) is 2.81. The minimum atomic E-state index is -0.0973. The van der Waals surface area contributed by atoms with Gasteiger partial charge in [-0.3, -0.25) is 4.98 Å². The standard InChI is InChI=1S/C12H12N4OS/c1-2-10-15-16-9(7-17)11(14-12(16)18-10)8-5-3-4-6-13-8/h3-6,17H,2,7H2,1H3. The molecule has 0 aromatic carbocycles. The molecule has 0 saturated carbocycles. The van der Waals surface area contributed by atoms with Gasteiger partial charge in [0.1, 0.15) is 10.7 Å². The molecule has 0 unspecified atom stereocenters. The third-order valence-corrected chi connectivity index (χ3v) is 3.75. The number of rotatable bonds is 3. The number of aromatic nitrogens is 4. The predicted octanol–water partition coefficient (Wildman–Crippen LogP) is 1.91. The topological polar surface area (TPSA) is 63.3 Å². The van der Waals surface area contributed by atoms with Gasteiger partial charge in [0.2, 0.25) is 4.96 Å². The number of hydrogen-bond donors (Lipinski definition) is 1. The first-order valence-corrected chi connectivity index (χ1v) is 6.54. The first-order chi connectivity index (χ1) is 8.83. The van der Waals surface area contributed by atoms with E-state index >= 15 is 0 Å². The zero-order valence-corrected chi connectivity index (χ0v) is 10.7. The second-order valence-electron chi connectivity index (χ2n) is 3.82. The van der Waals surface area contributed by atoms with Gasteiger partial charge in [0.25, 0.3) is 0 Å². The highest BCUT2D eigenvalue weighted by Crippen LogP contribution is 2.25. The number of fused-ring (bicyclic) bond motifs is 1. The number of imidazole rings is 1. The third-order valence-electron chi connectivity index (χ3n) is 2.70. The molecule has 92 valence electrons. The summed E-state index contributed by atoms with van der Waals surface area (Å²) >= 11 is 1.54. The van der Waals surface area contributed by atoms with Gasteiger partial charge < -0.3 is 5.11 Å². The van der Waals surface area contributed by atoms with E-state index in [1.807, 2.05) is 18.2 Å². The van der Waals surface area contributed by atoms with Gasteiger partial charge in [-0.1, -0.05) is 24.3 Å². The van der Waals surface area contributed by atoms with Gasteiger partial charge in [-0.2, -0.15) is 5.10 Å². The lowest BCUT2D eigenvalue weighted by molar-refractivity contribution is 0.275. The van der Waals surface area contributed by atoms with Gasteiger partial charge in [-0.25, -0.2) is 9.50 Å². The molecule has 3 aromatic heterocycles. The SMILES string of the molecule is CCc1nn2c(CO)c(-c3ccccn3)nc2s1. The Morgan fingerprint density at radius 2 is 2.28 bits per heavy atom. The van der Waals surface area contributed by atoms with Crippen LogP contribution in [0.4, 0.5) is 0 Å². The van der Waals surface area contributed by atoms with Crippen LogP contribution in [0.25, 0.3) is 16.3 Å². The second-order valence-corrected chi connectivity index (χ2v) is 4.86. The molecule has 0 spiro atoms. The van der Waals surface area contributed by atoms with E-state index in [0.717, 1.165) is 22.1 Å². The van der Waals surface area contributed by atoms with Crippen LogP contribution in [0, 0.1) is 0 Å². The fourth-order valence-electron chi connectivity index (χ4n) is 1.82. The monoisotopic (exact) mass is 260 g/mol. The quantitative estimate of drug-likeness (QED) is 0.781. The smallest absolute Gasteiger partial charge is 0.213 e. The van der Waals surface area contributed by atoms with E-state index in [9.17, 15) is 5.11 Å². The van der Waals surface area contributed by atoms with Crippen LogP contribution < -0.4 is 0 Å². The average molecular weight is 260 g/mol. The molecule has 3 rings (SSSR count). The summed E-state index contributed by atoms with van der Waals surface area (Å²) in [7, 11) is 0. The molecule has 6 heteroatoms. The molecule has 0 bridgehead atoms. The van der Waals surface area contributed by atoms with E-state index in [1.165, 1.54) is 0 Å². The van der Waals surface area contributed by atoms with E-state index < -0.39 is 0 Å². The Labute approximate surface area is 108 Å². The first kappa shape index (κ1) is 11.3. The molecule has 0 saturated heterocycles. The van der Waals surface area contributed by atoms with Crippen molar-refractivity contribution in [2.24, 2.45) is 0 Å². The number of aliphatic hydroxyl groups excluding tert-OH is 1. The van der Waals surface area contributed by atoms with Gasteiger partial charge in [0.05, 0.1) is 18.0 Å². The molecule has 3 heterocycles. The molecule has 3 aromatic rings. The van der Waals surface area contributed by atoms with Gasteiger partial charge in [-0.15, -0.1) is 0 Å². The van der Waals surface area contributed by atoms with E-state index in [0.29, 0.717) is 11.4 Å². The van der Waals surface area contributed by atoms with Crippen molar-refractivity contribution in [3.8, 4) is 11.4 Å². The Morgan fingerprint density at radius 1 is 1.39 bits per heavy atom. The van der Waals surface area contributed by atoms with Crippen LogP contribution in [0.3, 0.4) is 0 Å². The summed E-state index contributed by atoms with van der Waals surface area (Å²) in [6.45, 7) is 1.95. The van der Waals surface area contributed by atoms with Crippen molar-refractivity contribution in [1.29, 1.82) is 0 Å². The van der Waals surface area contributed by atoms with Gasteiger partial charge >= 0.3 is 0 Å². The summed E-state index contributed by atoms with van der Waals surface area (Å²) < 4.78 is 1.72. The first-order valence-electron chi connectivity index (χ1n) is 5.73. The van der Waals surface area contributed by atoms with Crippen LogP contribution in [-0.2, 0) is 13.0 Å². The van der Waals surface area contributed by atoms with Crippen LogP contribution in [-0.4, -0.2) is 24.7 Å². The molecule has 0 radical (unpaired) electrons. The molecule has 0 amide bonds. The van der Waals surface area contributed by atoms with Crippen LogP contribution in [0.5, 0.6) is 0 Å². The van der Waals surface area contributed by atoms with Crippen LogP contribution in [0.2, 0.25) is 0 Å². The largest absolute Gasteiger partial charge is 0.390 e. The highest BCUT2D eigenvalue weighted by Gasteiger charge is 2.17. The Morgan fingerprint density at radius 3 is 2.94 bits per heavy atom. The lowest BCUT2D eigenvalue weighted by Crippen LogP contribution is -1.97. The zero-order chi connectivity index (χ0) is 12.5. The fourth-order valence-corrected chi connectivity index (χ4v) is 2.67. The average Bonchev–Trinajstić information content (AvgIpc) is 2.96. The van der Waals surface area contributed by atoms with E-state index in [-0.39, 0.29) is 6.61 Å². The fraction of sp³-hybridized carbons (Fsp3) is 0.250. The van der Waals surface area contributed by atoms with Crippen molar-refractivity contribution in [3.63, 3.8) is 0 Å². The van der Waals surface area contributed by atoms with Gasteiger partial charge in [-0.05, 0) is 18.6 Å². The highest BCUT2D eigenvalue weighted by molar-refractivity contribution is 7.16. The maximum absolute atomic E-state index is 9.52. The molecule has 5 nitrogen and oxygen atoms in total. The molecular formula is C12H12N4OS. The van der Waals surface area contributed by atoms with Crippen molar-refractivity contribution in [3.05, 3.63) is 35.1 Å². The van der Waals surface area contributed by atoms with E-state index in [2.05, 4.69) is 22.0 Å². The number of aryl methyl sites for hydroxylation is 1. The highest BCUT2D eigenvalue weighted by atomic mass is 32.1. The Bertz CT molecular complexity index is 674. The number of aliphatic hydroxyl groups is 1. The van der Waals surface area contributed by atoms with Crippen molar-refractivity contribution >= 4 is 16.3 Å². The summed E-state index contributed by atoms with van der Waals surface area (Å²) in [5, 5.41) is 15.0. The Hall–Kier alpha value is -1.79. The molecule has 0 aliphatic rings. The summed E-state index contributed by atoms with van der Waals surface area (Å²) in [5.74, 6) is 0. The number of pyridine rings is 1. The van der Waals surface area contributed by atoms with Crippen LogP contribution in [0.15, 0.2) is 24.4 Å². The summed E-state index contributed by atoms with van der Waals surface area (Å²) in [4.78, 5) is 9.59. The molecular weight excluding hydrogens is 248 g/mol. The maximum Gasteiger partial charge on any atom is 0.213 e. The molecule has 0 fully saturated rings. The molecule has 0 aliphatic carbocycles. The molecule has 1 N–H and O–H groups in total. The Balaban J connectivity index is 2.21. The van der Waals surface area contributed by atoms with Crippen molar-refractivity contribution in [1.82, 2.24) is 19.6 Å². The molecule has 0 atom stereocenters. The maximum atomic E-state index is 9.52. The molecule has 18 heavy (non-hydrogen) atoms. The van der Waals surface area contributed by atoms with Crippen molar-refractivity contribution in [2.45, 2.75) is 20.0 Å². The minimum absolute atomic E-state index is 0.0973. The van der Waals surface area contributed by atoms with Crippen LogP contribution >= 0.6 is 11.3 Å². The number of nitrogens with zero attached hydrogens (tertiary/aromatic N) is 4. The van der Waals surface area contributed by atoms with Crippen molar-refractivity contribution < 1.29 is 5.11 Å². The summed E-state index contributed by atoms with van der Waals surface area (Å²) in [6.07, 6.45) is 2.59. The third kappa shape index (κ3) is 1.70. The van der Waals surface area contributed by atoms with E-state index in [1.54, 1.807) is 22.0 Å². The van der Waals surface area contributed by atoms with Gasteiger partial charge in [0.15, 0.2) is 0 Å². The van der Waals surface area contributed by atoms with Crippen molar-refractivity contribution in [2.75, 3.05) is 0 Å². The normalized spacial score (nSPS) is 11.2. The zero-order valence-electron chi connectivity index (χ0n) is 9.87. The second kappa shape index (κ2) is 4.47. The lowest BCUT2D eigenvalue weighted by Gasteiger charge is -1.98. The lowest BCUT2D eigenvalue weighted by atomic mass is 10.2. The predicted molar refractivity (Wildman–Crippen MR) is 69.4 cm³/mol. The minimum Gasteiger partial charge on any atom is -0.390 e. The molecule has 0 aliphatic heterocycles.